The zero-order chi connectivity index (χ0) is 15.8. The van der Waals surface area contributed by atoms with E-state index in [9.17, 15) is 4.79 Å². The molecule has 0 aliphatic rings. The molecule has 0 aliphatic heterocycles. The molecule has 3 N–H and O–H groups in total. The van der Waals surface area contributed by atoms with Crippen molar-refractivity contribution < 1.29 is 14.3 Å². The summed E-state index contributed by atoms with van der Waals surface area (Å²) in [6.07, 6.45) is 0. The van der Waals surface area contributed by atoms with Gasteiger partial charge >= 0.3 is 5.97 Å². The molecule has 0 radical (unpaired) electrons. The topological polar surface area (TPSA) is 73.6 Å². The van der Waals surface area contributed by atoms with Gasteiger partial charge in [-0.25, -0.2) is 4.79 Å². The molecule has 116 valence electrons. The molecule has 2 aromatic rings. The van der Waals surface area contributed by atoms with Crippen LogP contribution in [0.4, 0.5) is 5.69 Å². The van der Waals surface area contributed by atoms with Crippen molar-refractivity contribution in [2.24, 2.45) is 5.73 Å². The monoisotopic (exact) mass is 300 g/mol. The molecular formula is C17H20N2O3. The normalized spacial score (nSPS) is 10.1. The Kier molecular flexibility index (Phi) is 5.80. The molecule has 2 aromatic carbocycles. The Morgan fingerprint density at radius 1 is 1.18 bits per heavy atom. The minimum absolute atomic E-state index is 0.342. The lowest BCUT2D eigenvalue weighted by Gasteiger charge is -2.09. The fourth-order valence-electron chi connectivity index (χ4n) is 1.93. The summed E-state index contributed by atoms with van der Waals surface area (Å²) in [7, 11) is 1.37. The second-order valence-electron chi connectivity index (χ2n) is 4.72. The number of esters is 1. The summed E-state index contributed by atoms with van der Waals surface area (Å²) in [5.74, 6) is 0.435. The largest absolute Gasteiger partial charge is 0.489 e. The number of nitrogens with two attached hydrogens (primary N) is 1. The first-order valence-corrected chi connectivity index (χ1v) is 7.07. The van der Waals surface area contributed by atoms with Gasteiger partial charge < -0.3 is 20.5 Å². The van der Waals surface area contributed by atoms with Crippen molar-refractivity contribution in [3.05, 3.63) is 59.7 Å². The lowest BCUT2D eigenvalue weighted by atomic mass is 10.1. The average Bonchev–Trinajstić information content (AvgIpc) is 2.58. The van der Waals surface area contributed by atoms with E-state index in [4.69, 9.17) is 10.5 Å². The van der Waals surface area contributed by atoms with Crippen LogP contribution < -0.4 is 15.8 Å². The highest BCUT2D eigenvalue weighted by molar-refractivity contribution is 5.89. The predicted molar refractivity (Wildman–Crippen MR) is 86.1 cm³/mol. The molecule has 2 rings (SSSR count). The predicted octanol–water partition coefficient (Wildman–Crippen LogP) is 2.42. The van der Waals surface area contributed by atoms with Crippen molar-refractivity contribution in [3.63, 3.8) is 0 Å². The number of anilines is 1. The Morgan fingerprint density at radius 3 is 2.64 bits per heavy atom. The molecule has 5 heteroatoms. The van der Waals surface area contributed by atoms with Crippen molar-refractivity contribution >= 4 is 11.7 Å². The van der Waals surface area contributed by atoms with Gasteiger partial charge in [0.15, 0.2) is 0 Å². The van der Waals surface area contributed by atoms with Crippen molar-refractivity contribution in [2.75, 3.05) is 25.5 Å². The SMILES string of the molecule is COC(=O)c1ccc(COc2cccc(NCCN)c2)cc1. The molecular weight excluding hydrogens is 280 g/mol. The molecule has 0 heterocycles. The summed E-state index contributed by atoms with van der Waals surface area (Å²) in [6, 6.07) is 14.9. The minimum Gasteiger partial charge on any atom is -0.489 e. The van der Waals surface area contributed by atoms with E-state index in [1.165, 1.54) is 7.11 Å². The lowest BCUT2D eigenvalue weighted by Crippen LogP contribution is -2.12. The average molecular weight is 300 g/mol. The van der Waals surface area contributed by atoms with E-state index in [1.807, 2.05) is 36.4 Å². The molecule has 0 saturated heterocycles. The Hall–Kier alpha value is -2.53. The van der Waals surface area contributed by atoms with Gasteiger partial charge in [-0.2, -0.15) is 0 Å². The number of ether oxygens (including phenoxy) is 2. The first-order chi connectivity index (χ1) is 10.7. The third-order valence-corrected chi connectivity index (χ3v) is 3.09. The van der Waals surface area contributed by atoms with E-state index in [0.717, 1.165) is 23.5 Å². The van der Waals surface area contributed by atoms with E-state index in [0.29, 0.717) is 18.7 Å². The number of methoxy groups -OCH3 is 1. The zero-order valence-electron chi connectivity index (χ0n) is 12.5. The summed E-state index contributed by atoms with van der Waals surface area (Å²) < 4.78 is 10.4. The number of carbonyl (C=O) groups excluding carboxylic acids is 1. The highest BCUT2D eigenvalue weighted by Crippen LogP contribution is 2.18. The Bertz CT molecular complexity index is 612. The van der Waals surface area contributed by atoms with Gasteiger partial charge in [-0.15, -0.1) is 0 Å². The molecule has 0 aromatic heterocycles. The van der Waals surface area contributed by atoms with Crippen LogP contribution in [0.3, 0.4) is 0 Å². The number of carbonyl (C=O) groups is 1. The first-order valence-electron chi connectivity index (χ1n) is 7.07. The summed E-state index contributed by atoms with van der Waals surface area (Å²) in [6.45, 7) is 1.73. The third-order valence-electron chi connectivity index (χ3n) is 3.09. The summed E-state index contributed by atoms with van der Waals surface area (Å²) in [5, 5.41) is 3.20. The number of rotatable bonds is 7. The summed E-state index contributed by atoms with van der Waals surface area (Å²) in [5.41, 5.74) is 7.95. The maximum atomic E-state index is 11.4. The van der Waals surface area contributed by atoms with Gasteiger partial charge in [0, 0.05) is 24.8 Å². The maximum Gasteiger partial charge on any atom is 0.337 e. The Labute approximate surface area is 130 Å². The van der Waals surface area contributed by atoms with Gasteiger partial charge in [0.1, 0.15) is 12.4 Å². The van der Waals surface area contributed by atoms with Gasteiger partial charge in [0.2, 0.25) is 0 Å². The van der Waals surface area contributed by atoms with Crippen LogP contribution in [0, 0.1) is 0 Å². The standard InChI is InChI=1S/C17H20N2O3/c1-21-17(20)14-7-5-13(6-8-14)12-22-16-4-2-3-15(11-16)19-10-9-18/h2-8,11,19H,9-10,12,18H2,1H3. The molecule has 0 bridgehead atoms. The van der Waals surface area contributed by atoms with E-state index < -0.39 is 0 Å². The smallest absolute Gasteiger partial charge is 0.337 e. The summed E-state index contributed by atoms with van der Waals surface area (Å²) >= 11 is 0. The van der Waals surface area contributed by atoms with E-state index in [-0.39, 0.29) is 5.97 Å². The van der Waals surface area contributed by atoms with Crippen LogP contribution in [0.5, 0.6) is 5.75 Å². The molecule has 0 saturated carbocycles. The van der Waals surface area contributed by atoms with Crippen LogP contribution >= 0.6 is 0 Å². The minimum atomic E-state index is -0.342. The van der Waals surface area contributed by atoms with Crippen LogP contribution in [0.2, 0.25) is 0 Å². The second-order valence-corrected chi connectivity index (χ2v) is 4.72. The zero-order valence-corrected chi connectivity index (χ0v) is 12.5. The van der Waals surface area contributed by atoms with E-state index in [1.54, 1.807) is 12.1 Å². The molecule has 0 amide bonds. The molecule has 0 atom stereocenters. The van der Waals surface area contributed by atoms with Gasteiger partial charge in [0.25, 0.3) is 0 Å². The van der Waals surface area contributed by atoms with Crippen LogP contribution in [0.15, 0.2) is 48.5 Å². The quantitative estimate of drug-likeness (QED) is 0.768. The van der Waals surface area contributed by atoms with Crippen LogP contribution in [-0.2, 0) is 11.3 Å². The van der Waals surface area contributed by atoms with Crippen molar-refractivity contribution in [2.45, 2.75) is 6.61 Å². The van der Waals surface area contributed by atoms with Gasteiger partial charge in [-0.1, -0.05) is 18.2 Å². The Balaban J connectivity index is 1.93. The van der Waals surface area contributed by atoms with Crippen LogP contribution in [0.1, 0.15) is 15.9 Å². The van der Waals surface area contributed by atoms with Gasteiger partial charge in [0.05, 0.1) is 12.7 Å². The van der Waals surface area contributed by atoms with Crippen LogP contribution in [0.25, 0.3) is 0 Å². The fourth-order valence-corrected chi connectivity index (χ4v) is 1.93. The molecule has 0 unspecified atom stereocenters. The van der Waals surface area contributed by atoms with E-state index >= 15 is 0 Å². The van der Waals surface area contributed by atoms with Crippen molar-refractivity contribution in [1.29, 1.82) is 0 Å². The summed E-state index contributed by atoms with van der Waals surface area (Å²) in [4.78, 5) is 11.4. The third kappa shape index (κ3) is 4.49. The van der Waals surface area contributed by atoms with Crippen LogP contribution in [-0.4, -0.2) is 26.2 Å². The highest BCUT2D eigenvalue weighted by atomic mass is 16.5. The van der Waals surface area contributed by atoms with Crippen molar-refractivity contribution in [3.8, 4) is 5.75 Å². The highest BCUT2D eigenvalue weighted by Gasteiger charge is 2.04. The Morgan fingerprint density at radius 2 is 1.95 bits per heavy atom. The maximum absolute atomic E-state index is 11.4. The molecule has 0 spiro atoms. The molecule has 5 nitrogen and oxygen atoms in total. The first kappa shape index (κ1) is 15.9. The number of hydrogen-bond acceptors (Lipinski definition) is 5. The molecule has 22 heavy (non-hydrogen) atoms. The van der Waals surface area contributed by atoms with E-state index in [2.05, 4.69) is 10.1 Å². The molecule has 0 fully saturated rings. The van der Waals surface area contributed by atoms with Gasteiger partial charge in [-0.3, -0.25) is 0 Å². The second kappa shape index (κ2) is 8.05. The lowest BCUT2D eigenvalue weighted by molar-refractivity contribution is 0.0600. The van der Waals surface area contributed by atoms with Gasteiger partial charge in [-0.05, 0) is 29.8 Å². The molecule has 0 aliphatic carbocycles. The van der Waals surface area contributed by atoms with Crippen molar-refractivity contribution in [1.82, 2.24) is 0 Å². The number of nitrogens with one attached hydrogen (secondary N) is 1. The number of benzene rings is 2. The number of hydrogen-bond donors (Lipinski definition) is 2. The fraction of sp³-hybridized carbons (Fsp3) is 0.235.